The van der Waals surface area contributed by atoms with Gasteiger partial charge in [-0.1, -0.05) is 26.0 Å². The Morgan fingerprint density at radius 3 is 2.47 bits per heavy atom. The predicted octanol–water partition coefficient (Wildman–Crippen LogP) is 0.710. The Labute approximate surface area is 90.9 Å². The number of hydrogen-bond donors (Lipinski definition) is 2. The molecule has 0 saturated carbocycles. The van der Waals surface area contributed by atoms with Crippen LogP contribution in [0.4, 0.5) is 0 Å². The predicted molar refractivity (Wildman–Crippen MR) is 61.3 cm³/mol. The second-order valence-corrected chi connectivity index (χ2v) is 4.10. The van der Waals surface area contributed by atoms with Gasteiger partial charge in [0.1, 0.15) is 5.75 Å². The van der Waals surface area contributed by atoms with Crippen molar-refractivity contribution in [2.45, 2.75) is 20.8 Å². The van der Waals surface area contributed by atoms with Crippen LogP contribution in [0.5, 0.6) is 5.75 Å². The fourth-order valence-corrected chi connectivity index (χ4v) is 1.25. The molecule has 0 aliphatic rings. The minimum absolute atomic E-state index is 0.479. The van der Waals surface area contributed by atoms with E-state index in [9.17, 15) is 0 Å². The first-order chi connectivity index (χ1) is 7.00. The molecular formula is C11H17BO3. The van der Waals surface area contributed by atoms with Crippen LogP contribution in [-0.2, 0) is 0 Å². The van der Waals surface area contributed by atoms with Crippen LogP contribution < -0.4 is 10.2 Å². The molecule has 1 aromatic rings. The van der Waals surface area contributed by atoms with Crippen molar-refractivity contribution >= 4 is 12.6 Å². The Morgan fingerprint density at radius 1 is 1.33 bits per heavy atom. The van der Waals surface area contributed by atoms with Crippen LogP contribution in [0.3, 0.4) is 0 Å². The van der Waals surface area contributed by atoms with Gasteiger partial charge in [0.25, 0.3) is 0 Å². The maximum absolute atomic E-state index is 8.97. The topological polar surface area (TPSA) is 49.7 Å². The number of hydrogen-bond acceptors (Lipinski definition) is 3. The molecule has 2 N–H and O–H groups in total. The van der Waals surface area contributed by atoms with E-state index in [2.05, 4.69) is 13.8 Å². The van der Waals surface area contributed by atoms with Gasteiger partial charge in [-0.25, -0.2) is 0 Å². The number of rotatable bonds is 4. The molecule has 0 atom stereocenters. The molecule has 0 radical (unpaired) electrons. The van der Waals surface area contributed by atoms with Crippen molar-refractivity contribution in [2.75, 3.05) is 6.61 Å². The summed E-state index contributed by atoms with van der Waals surface area (Å²) in [5.41, 5.74) is 1.41. The molecule has 0 amide bonds. The SMILES string of the molecule is Cc1cc(B(O)O)ccc1OCC(C)C. The zero-order valence-electron chi connectivity index (χ0n) is 9.40. The van der Waals surface area contributed by atoms with Crippen molar-refractivity contribution in [2.24, 2.45) is 5.92 Å². The normalized spacial score (nSPS) is 10.5. The highest BCUT2D eigenvalue weighted by Gasteiger charge is 2.12. The van der Waals surface area contributed by atoms with Crippen molar-refractivity contribution < 1.29 is 14.8 Å². The molecule has 0 bridgehead atoms. The molecule has 82 valence electrons. The van der Waals surface area contributed by atoms with Gasteiger partial charge in [-0.15, -0.1) is 0 Å². The molecule has 0 unspecified atom stereocenters. The smallest absolute Gasteiger partial charge is 0.488 e. The Kier molecular flexibility index (Phi) is 4.18. The van der Waals surface area contributed by atoms with E-state index < -0.39 is 7.12 Å². The summed E-state index contributed by atoms with van der Waals surface area (Å²) < 4.78 is 5.57. The molecule has 1 aromatic carbocycles. The van der Waals surface area contributed by atoms with Gasteiger partial charge in [0.15, 0.2) is 0 Å². The van der Waals surface area contributed by atoms with Crippen molar-refractivity contribution in [3.05, 3.63) is 23.8 Å². The summed E-state index contributed by atoms with van der Waals surface area (Å²) in [4.78, 5) is 0. The Hall–Kier alpha value is -0.995. The zero-order chi connectivity index (χ0) is 11.4. The van der Waals surface area contributed by atoms with Crippen LogP contribution in [0, 0.1) is 12.8 Å². The maximum Gasteiger partial charge on any atom is 0.488 e. The van der Waals surface area contributed by atoms with Gasteiger partial charge < -0.3 is 14.8 Å². The third-order valence-corrected chi connectivity index (χ3v) is 2.07. The third kappa shape index (κ3) is 3.57. The molecule has 15 heavy (non-hydrogen) atoms. The van der Waals surface area contributed by atoms with Gasteiger partial charge in [0.05, 0.1) is 6.61 Å². The lowest BCUT2D eigenvalue weighted by atomic mass is 9.79. The molecule has 0 aliphatic heterocycles. The Bertz CT molecular complexity index is 324. The highest BCUT2D eigenvalue weighted by atomic mass is 16.5. The molecule has 0 aromatic heterocycles. The first-order valence-electron chi connectivity index (χ1n) is 5.10. The van der Waals surface area contributed by atoms with E-state index in [1.54, 1.807) is 18.2 Å². The average Bonchev–Trinajstić information content (AvgIpc) is 2.15. The fourth-order valence-electron chi connectivity index (χ4n) is 1.25. The second kappa shape index (κ2) is 5.19. The van der Waals surface area contributed by atoms with Gasteiger partial charge in [-0.3, -0.25) is 0 Å². The minimum Gasteiger partial charge on any atom is -0.493 e. The second-order valence-electron chi connectivity index (χ2n) is 4.10. The molecule has 0 saturated heterocycles. The van der Waals surface area contributed by atoms with Crippen LogP contribution in [0.1, 0.15) is 19.4 Å². The van der Waals surface area contributed by atoms with E-state index in [-0.39, 0.29) is 0 Å². The van der Waals surface area contributed by atoms with Gasteiger partial charge in [0, 0.05) is 0 Å². The highest BCUT2D eigenvalue weighted by molar-refractivity contribution is 6.58. The molecule has 0 fully saturated rings. The molecule has 0 heterocycles. The fraction of sp³-hybridized carbons (Fsp3) is 0.455. The summed E-state index contributed by atoms with van der Waals surface area (Å²) in [6, 6.07) is 5.15. The minimum atomic E-state index is -1.41. The van der Waals surface area contributed by atoms with Crippen LogP contribution in [0.25, 0.3) is 0 Å². The van der Waals surface area contributed by atoms with E-state index in [4.69, 9.17) is 14.8 Å². The van der Waals surface area contributed by atoms with Gasteiger partial charge in [0.2, 0.25) is 0 Å². The lowest BCUT2D eigenvalue weighted by Gasteiger charge is -2.12. The van der Waals surface area contributed by atoms with E-state index >= 15 is 0 Å². The molecule has 3 nitrogen and oxygen atoms in total. The first kappa shape index (κ1) is 12.1. The van der Waals surface area contributed by atoms with E-state index in [1.807, 2.05) is 6.92 Å². The summed E-state index contributed by atoms with van der Waals surface area (Å²) in [5.74, 6) is 1.28. The molecule has 4 heteroatoms. The average molecular weight is 208 g/mol. The first-order valence-corrected chi connectivity index (χ1v) is 5.10. The van der Waals surface area contributed by atoms with Crippen molar-refractivity contribution in [1.82, 2.24) is 0 Å². The summed E-state index contributed by atoms with van der Waals surface area (Å²) in [5, 5.41) is 17.9. The van der Waals surface area contributed by atoms with Crippen LogP contribution in [0.2, 0.25) is 0 Å². The summed E-state index contributed by atoms with van der Waals surface area (Å²) in [7, 11) is -1.41. The lowest BCUT2D eigenvalue weighted by molar-refractivity contribution is 0.269. The van der Waals surface area contributed by atoms with Gasteiger partial charge in [-0.05, 0) is 29.9 Å². The van der Waals surface area contributed by atoms with Crippen molar-refractivity contribution in [3.8, 4) is 5.75 Å². The van der Waals surface area contributed by atoms with Crippen LogP contribution >= 0.6 is 0 Å². The summed E-state index contributed by atoms with van der Waals surface area (Å²) in [6.07, 6.45) is 0. The quantitative estimate of drug-likeness (QED) is 0.716. The standard InChI is InChI=1S/C11H17BO3/c1-8(2)7-15-11-5-4-10(12(13)14)6-9(11)3/h4-6,8,13-14H,7H2,1-3H3. The number of ether oxygens (including phenoxy) is 1. The number of benzene rings is 1. The van der Waals surface area contributed by atoms with E-state index in [0.717, 1.165) is 11.3 Å². The zero-order valence-corrected chi connectivity index (χ0v) is 9.40. The van der Waals surface area contributed by atoms with Crippen molar-refractivity contribution in [1.29, 1.82) is 0 Å². The Balaban J connectivity index is 2.75. The maximum atomic E-state index is 8.97. The van der Waals surface area contributed by atoms with Gasteiger partial charge >= 0.3 is 7.12 Å². The molecule has 0 aliphatic carbocycles. The number of aryl methyl sites for hydroxylation is 1. The summed E-state index contributed by atoms with van der Waals surface area (Å²) in [6.45, 7) is 6.73. The molecular weight excluding hydrogens is 191 g/mol. The van der Waals surface area contributed by atoms with Gasteiger partial charge in [-0.2, -0.15) is 0 Å². The highest BCUT2D eigenvalue weighted by Crippen LogP contribution is 2.16. The lowest BCUT2D eigenvalue weighted by Crippen LogP contribution is -2.29. The molecule has 0 spiro atoms. The van der Waals surface area contributed by atoms with Crippen LogP contribution in [-0.4, -0.2) is 23.8 Å². The molecule has 1 rings (SSSR count). The van der Waals surface area contributed by atoms with Crippen LogP contribution in [0.15, 0.2) is 18.2 Å². The third-order valence-electron chi connectivity index (χ3n) is 2.07. The summed E-state index contributed by atoms with van der Waals surface area (Å²) >= 11 is 0. The van der Waals surface area contributed by atoms with E-state index in [0.29, 0.717) is 18.0 Å². The van der Waals surface area contributed by atoms with E-state index in [1.165, 1.54) is 0 Å². The van der Waals surface area contributed by atoms with Crippen molar-refractivity contribution in [3.63, 3.8) is 0 Å². The monoisotopic (exact) mass is 208 g/mol. The largest absolute Gasteiger partial charge is 0.493 e. The Morgan fingerprint density at radius 2 is 2.00 bits per heavy atom.